The SMILES string of the molecule is Cc1ccc(NC(=O)c2cc(NCCN(C)C)cc(C(F)(F)F)c2)cc1N1C=C(c2cnn(C)c2C)NN1. The van der Waals surface area contributed by atoms with Gasteiger partial charge in [-0.15, -0.1) is 5.53 Å². The maximum atomic E-state index is 13.5. The number of halogens is 3. The molecule has 1 aliphatic heterocycles. The second-order valence-corrected chi connectivity index (χ2v) is 9.40. The zero-order chi connectivity index (χ0) is 27.6. The molecule has 0 fully saturated rings. The van der Waals surface area contributed by atoms with Crippen LogP contribution in [0.1, 0.15) is 32.7 Å². The number of aromatic nitrogens is 2. The number of benzene rings is 2. The molecular formula is C26H31F3N8O. The van der Waals surface area contributed by atoms with E-state index in [4.69, 9.17) is 0 Å². The minimum absolute atomic E-state index is 0.0931. The Hall–Kier alpha value is -4.03. The number of hydrogen-bond donors (Lipinski definition) is 4. The Kier molecular flexibility index (Phi) is 7.65. The molecular weight excluding hydrogens is 497 g/mol. The summed E-state index contributed by atoms with van der Waals surface area (Å²) in [6.07, 6.45) is -0.950. The number of carbonyl (C=O) groups is 1. The molecule has 0 spiro atoms. The van der Waals surface area contributed by atoms with Gasteiger partial charge in [-0.2, -0.15) is 18.3 Å². The van der Waals surface area contributed by atoms with E-state index in [9.17, 15) is 18.0 Å². The zero-order valence-corrected chi connectivity index (χ0v) is 21.9. The second-order valence-electron chi connectivity index (χ2n) is 9.40. The van der Waals surface area contributed by atoms with E-state index in [2.05, 4.69) is 26.7 Å². The number of aryl methyl sites for hydroxylation is 2. The summed E-state index contributed by atoms with van der Waals surface area (Å²) in [6, 6.07) is 8.58. The van der Waals surface area contributed by atoms with E-state index >= 15 is 0 Å². The van der Waals surface area contributed by atoms with Crippen LogP contribution in [-0.2, 0) is 13.2 Å². The molecule has 1 aliphatic rings. The van der Waals surface area contributed by atoms with Crippen molar-refractivity contribution >= 4 is 28.7 Å². The summed E-state index contributed by atoms with van der Waals surface area (Å²) in [4.78, 5) is 15.0. The van der Waals surface area contributed by atoms with Crippen LogP contribution in [0.15, 0.2) is 48.8 Å². The fourth-order valence-electron chi connectivity index (χ4n) is 3.94. The molecule has 0 atom stereocenters. The van der Waals surface area contributed by atoms with Gasteiger partial charge < -0.3 is 21.0 Å². The zero-order valence-electron chi connectivity index (χ0n) is 21.9. The number of nitrogens with zero attached hydrogens (tertiary/aromatic N) is 4. The van der Waals surface area contributed by atoms with Gasteiger partial charge in [0.1, 0.15) is 0 Å². The van der Waals surface area contributed by atoms with Gasteiger partial charge in [0.15, 0.2) is 0 Å². The number of carbonyl (C=O) groups excluding carboxylic acids is 1. The Balaban J connectivity index is 1.56. The summed E-state index contributed by atoms with van der Waals surface area (Å²) in [5.41, 5.74) is 10.3. The van der Waals surface area contributed by atoms with Crippen LogP contribution in [0.25, 0.3) is 5.70 Å². The molecule has 0 unspecified atom stereocenters. The third-order valence-corrected chi connectivity index (χ3v) is 6.23. The lowest BCUT2D eigenvalue weighted by atomic mass is 10.1. The molecule has 1 amide bonds. The molecule has 2 heterocycles. The maximum Gasteiger partial charge on any atom is 0.416 e. The molecule has 1 aromatic heterocycles. The van der Waals surface area contributed by atoms with Crippen molar-refractivity contribution in [1.82, 2.24) is 25.6 Å². The quantitative estimate of drug-likeness (QED) is 0.350. The number of hydrazine groups is 2. The largest absolute Gasteiger partial charge is 0.416 e. The van der Waals surface area contributed by atoms with Crippen molar-refractivity contribution in [2.75, 3.05) is 42.8 Å². The highest BCUT2D eigenvalue weighted by molar-refractivity contribution is 6.05. The van der Waals surface area contributed by atoms with Gasteiger partial charge in [0.05, 0.1) is 23.1 Å². The minimum Gasteiger partial charge on any atom is -0.384 e. The summed E-state index contributed by atoms with van der Waals surface area (Å²) in [6.45, 7) is 4.94. The number of rotatable bonds is 8. The fourth-order valence-corrected chi connectivity index (χ4v) is 3.94. The van der Waals surface area contributed by atoms with Crippen LogP contribution in [0.4, 0.5) is 30.2 Å². The van der Waals surface area contributed by atoms with Gasteiger partial charge >= 0.3 is 6.18 Å². The van der Waals surface area contributed by atoms with Crippen LogP contribution >= 0.6 is 0 Å². The van der Waals surface area contributed by atoms with Crippen LogP contribution in [0.3, 0.4) is 0 Å². The summed E-state index contributed by atoms with van der Waals surface area (Å²) in [7, 11) is 5.60. The molecule has 202 valence electrons. The third kappa shape index (κ3) is 6.09. The smallest absolute Gasteiger partial charge is 0.384 e. The first-order valence-corrected chi connectivity index (χ1v) is 12.0. The van der Waals surface area contributed by atoms with Crippen molar-refractivity contribution in [2.24, 2.45) is 7.05 Å². The summed E-state index contributed by atoms with van der Waals surface area (Å²) >= 11 is 0. The van der Waals surface area contributed by atoms with Crippen molar-refractivity contribution in [3.05, 3.63) is 76.7 Å². The van der Waals surface area contributed by atoms with E-state index in [0.29, 0.717) is 18.8 Å². The predicted molar refractivity (Wildman–Crippen MR) is 142 cm³/mol. The number of likely N-dealkylation sites (N-methyl/N-ethyl adjacent to an activating group) is 1. The monoisotopic (exact) mass is 528 g/mol. The molecule has 3 aromatic rings. The van der Waals surface area contributed by atoms with E-state index in [0.717, 1.165) is 40.3 Å². The average Bonchev–Trinajstić information content (AvgIpc) is 3.46. The summed E-state index contributed by atoms with van der Waals surface area (Å²) in [5, 5.41) is 11.7. The molecule has 0 aliphatic carbocycles. The lowest BCUT2D eigenvalue weighted by Gasteiger charge is -2.19. The van der Waals surface area contributed by atoms with Crippen molar-refractivity contribution in [1.29, 1.82) is 0 Å². The number of anilines is 3. The molecule has 0 radical (unpaired) electrons. The van der Waals surface area contributed by atoms with Crippen LogP contribution in [0.2, 0.25) is 0 Å². The van der Waals surface area contributed by atoms with Crippen molar-refractivity contribution < 1.29 is 18.0 Å². The van der Waals surface area contributed by atoms with Crippen LogP contribution < -0.4 is 26.6 Å². The van der Waals surface area contributed by atoms with Crippen molar-refractivity contribution in [3.8, 4) is 0 Å². The Morgan fingerprint density at radius 2 is 1.87 bits per heavy atom. The third-order valence-electron chi connectivity index (χ3n) is 6.23. The molecule has 0 saturated carbocycles. The van der Waals surface area contributed by atoms with Gasteiger partial charge in [0.2, 0.25) is 0 Å². The second kappa shape index (κ2) is 10.8. The molecule has 12 heteroatoms. The van der Waals surface area contributed by atoms with Crippen LogP contribution in [-0.4, -0.2) is 47.8 Å². The first-order chi connectivity index (χ1) is 17.9. The van der Waals surface area contributed by atoms with Crippen molar-refractivity contribution in [3.63, 3.8) is 0 Å². The highest BCUT2D eigenvalue weighted by Gasteiger charge is 2.32. The molecule has 4 N–H and O–H groups in total. The normalized spacial score (nSPS) is 13.5. The molecule has 4 rings (SSSR count). The number of amides is 1. The van der Waals surface area contributed by atoms with Crippen LogP contribution in [0.5, 0.6) is 0 Å². The lowest BCUT2D eigenvalue weighted by molar-refractivity contribution is -0.137. The molecule has 2 aromatic carbocycles. The first kappa shape index (κ1) is 27.0. The Morgan fingerprint density at radius 3 is 2.53 bits per heavy atom. The Morgan fingerprint density at radius 1 is 1.11 bits per heavy atom. The van der Waals surface area contributed by atoms with E-state index in [1.165, 1.54) is 6.07 Å². The maximum absolute atomic E-state index is 13.5. The topological polar surface area (TPSA) is 89.5 Å². The summed E-state index contributed by atoms with van der Waals surface area (Å²) in [5.74, 6) is -0.642. The Bertz CT molecular complexity index is 1360. The number of alkyl halides is 3. The minimum atomic E-state index is -4.59. The first-order valence-electron chi connectivity index (χ1n) is 12.0. The number of hydrogen-bond acceptors (Lipinski definition) is 7. The molecule has 9 nitrogen and oxygen atoms in total. The Labute approximate surface area is 219 Å². The van der Waals surface area contributed by atoms with Gasteiger partial charge in [0.25, 0.3) is 5.91 Å². The molecule has 0 saturated heterocycles. The number of nitrogens with one attached hydrogen (secondary N) is 4. The van der Waals surface area contributed by atoms with E-state index in [1.54, 1.807) is 28.0 Å². The van der Waals surface area contributed by atoms with Crippen LogP contribution in [0, 0.1) is 13.8 Å². The van der Waals surface area contributed by atoms with Crippen molar-refractivity contribution in [2.45, 2.75) is 20.0 Å². The molecule has 38 heavy (non-hydrogen) atoms. The highest BCUT2D eigenvalue weighted by Crippen LogP contribution is 2.33. The highest BCUT2D eigenvalue weighted by atomic mass is 19.4. The van der Waals surface area contributed by atoms with Gasteiger partial charge in [-0.05, 0) is 63.8 Å². The average molecular weight is 529 g/mol. The van der Waals surface area contributed by atoms with E-state index < -0.39 is 17.6 Å². The van der Waals surface area contributed by atoms with Gasteiger partial charge in [-0.25, -0.2) is 0 Å². The lowest BCUT2D eigenvalue weighted by Crippen LogP contribution is -2.36. The standard InChI is InChI=1S/C26H31F3N8O/c1-16-6-7-20(13-24(16)37-15-23(33-34-37)22-14-31-36(5)17(22)2)32-25(38)18-10-19(26(27,28)29)12-21(11-18)30-8-9-35(3)4/h6-7,10-15,30,33-34H,8-9H2,1-5H3,(H,32,38). The van der Waals surface area contributed by atoms with E-state index in [1.807, 2.05) is 52.2 Å². The van der Waals surface area contributed by atoms with Gasteiger partial charge in [-0.1, -0.05) is 6.07 Å². The predicted octanol–water partition coefficient (Wildman–Crippen LogP) is 4.11. The summed E-state index contributed by atoms with van der Waals surface area (Å²) < 4.78 is 42.4. The van der Waals surface area contributed by atoms with E-state index in [-0.39, 0.29) is 11.3 Å². The molecule has 0 bridgehead atoms. The van der Waals surface area contributed by atoms with Gasteiger partial charge in [0, 0.05) is 54.5 Å². The fraction of sp³-hybridized carbons (Fsp3) is 0.308. The van der Waals surface area contributed by atoms with Gasteiger partial charge in [-0.3, -0.25) is 14.5 Å².